The molecule has 0 radical (unpaired) electrons. The third-order valence-electron chi connectivity index (χ3n) is 7.69. The zero-order valence-electron chi connectivity index (χ0n) is 29.2. The Labute approximate surface area is 314 Å². The fraction of sp³-hybridized carbons (Fsp3) is 0.156. The van der Waals surface area contributed by atoms with Gasteiger partial charge in [0.15, 0.2) is 0 Å². The minimum atomic E-state index is -0.403. The van der Waals surface area contributed by atoms with E-state index in [-0.39, 0.29) is 0 Å². The van der Waals surface area contributed by atoms with Gasteiger partial charge in [-0.2, -0.15) is 0 Å². The molecular weight excluding hydrogens is 685 g/mol. The number of rotatable bonds is 13. The van der Waals surface area contributed by atoms with E-state index in [1.165, 1.54) is 12.2 Å². The van der Waals surface area contributed by atoms with E-state index in [9.17, 15) is 9.59 Å². The molecule has 0 fully saturated rings. The van der Waals surface area contributed by atoms with Crippen LogP contribution < -0.4 is 4.74 Å². The SMILES string of the molecule is C=CC(=O)OCCSc1ccc(C#Cc2cc(C)c(OCc3ccc4cc(C#Cc5ccc(SCCOC(=O)C=C)cc5)ccc4c3)c(C)c2)cc1. The van der Waals surface area contributed by atoms with E-state index in [2.05, 4.69) is 93.2 Å². The van der Waals surface area contributed by atoms with Crippen LogP contribution in [0.15, 0.2) is 132 Å². The number of hydrogen-bond donors (Lipinski definition) is 0. The summed E-state index contributed by atoms with van der Waals surface area (Å²) in [5, 5.41) is 2.25. The lowest BCUT2D eigenvalue weighted by atomic mass is 10.0. The van der Waals surface area contributed by atoms with E-state index in [4.69, 9.17) is 14.2 Å². The number of benzene rings is 5. The molecule has 0 aromatic heterocycles. The highest BCUT2D eigenvalue weighted by atomic mass is 32.2. The largest absolute Gasteiger partial charge is 0.488 e. The number of aryl methyl sites for hydroxylation is 2. The van der Waals surface area contributed by atoms with Gasteiger partial charge in [0.05, 0.1) is 0 Å². The van der Waals surface area contributed by atoms with Crippen LogP contribution in [0.1, 0.15) is 38.9 Å². The summed E-state index contributed by atoms with van der Waals surface area (Å²) >= 11 is 3.24. The molecule has 5 aromatic carbocycles. The predicted molar refractivity (Wildman–Crippen MR) is 213 cm³/mol. The van der Waals surface area contributed by atoms with E-state index in [1.807, 2.05) is 54.6 Å². The fourth-order valence-corrected chi connectivity index (χ4v) is 6.61. The van der Waals surface area contributed by atoms with E-state index < -0.39 is 11.9 Å². The maximum absolute atomic E-state index is 11.2. The Morgan fingerprint density at radius 2 is 1.06 bits per heavy atom. The number of fused-ring (bicyclic) bond motifs is 1. The molecule has 5 aromatic rings. The Balaban J connectivity index is 1.13. The minimum absolute atomic E-state index is 0.343. The second-order valence-electron chi connectivity index (χ2n) is 11.6. The quantitative estimate of drug-likeness (QED) is 0.0395. The molecule has 0 aliphatic rings. The molecule has 0 aliphatic carbocycles. The van der Waals surface area contributed by atoms with Crippen LogP contribution in [0.3, 0.4) is 0 Å². The maximum atomic E-state index is 11.2. The molecule has 5 rings (SSSR count). The first-order chi connectivity index (χ1) is 25.3. The van der Waals surface area contributed by atoms with E-state index in [0.717, 1.165) is 65.3 Å². The molecule has 0 saturated carbocycles. The predicted octanol–water partition coefficient (Wildman–Crippen LogP) is 9.48. The lowest BCUT2D eigenvalue weighted by Crippen LogP contribution is -2.03. The Morgan fingerprint density at radius 1 is 0.596 bits per heavy atom. The van der Waals surface area contributed by atoms with E-state index in [0.29, 0.717) is 31.3 Å². The molecule has 7 heteroatoms. The first kappa shape index (κ1) is 37.7. The van der Waals surface area contributed by atoms with Crippen molar-refractivity contribution in [3.05, 3.63) is 161 Å². The molecule has 0 N–H and O–H groups in total. The van der Waals surface area contributed by atoms with Crippen LogP contribution in [0.4, 0.5) is 0 Å². The fourth-order valence-electron chi connectivity index (χ4n) is 5.15. The van der Waals surface area contributed by atoms with Gasteiger partial charge in [-0.3, -0.25) is 0 Å². The van der Waals surface area contributed by atoms with Crippen LogP contribution in [0.25, 0.3) is 10.8 Å². The van der Waals surface area contributed by atoms with Gasteiger partial charge in [-0.05, 0) is 120 Å². The lowest BCUT2D eigenvalue weighted by molar-refractivity contribution is -0.138. The van der Waals surface area contributed by atoms with Crippen molar-refractivity contribution in [2.75, 3.05) is 24.7 Å². The Kier molecular flexibility index (Phi) is 13.9. The highest BCUT2D eigenvalue weighted by Gasteiger charge is 2.08. The average Bonchev–Trinajstić information content (AvgIpc) is 3.16. The maximum Gasteiger partial charge on any atom is 0.330 e. The Hall–Kier alpha value is -5.60. The molecule has 5 nitrogen and oxygen atoms in total. The van der Waals surface area contributed by atoms with Gasteiger partial charge in [0, 0.05) is 55.7 Å². The number of ether oxygens (including phenoxy) is 3. The zero-order chi connectivity index (χ0) is 36.7. The van der Waals surface area contributed by atoms with Crippen LogP contribution in [0, 0.1) is 37.5 Å². The number of esters is 2. The van der Waals surface area contributed by atoms with Gasteiger partial charge in [0.2, 0.25) is 0 Å². The molecule has 0 aliphatic heterocycles. The average molecular weight is 723 g/mol. The van der Waals surface area contributed by atoms with Crippen molar-refractivity contribution in [3.8, 4) is 29.4 Å². The third-order valence-corrected chi connectivity index (χ3v) is 9.64. The van der Waals surface area contributed by atoms with Crippen LogP contribution in [0.2, 0.25) is 0 Å². The summed E-state index contributed by atoms with van der Waals surface area (Å²) in [5.41, 5.74) is 6.91. The molecule has 260 valence electrons. The smallest absolute Gasteiger partial charge is 0.330 e. The van der Waals surface area contributed by atoms with Crippen molar-refractivity contribution in [1.29, 1.82) is 0 Å². The molecule has 0 atom stereocenters. The topological polar surface area (TPSA) is 61.8 Å². The normalized spacial score (nSPS) is 10.3. The standard InChI is InChI=1S/C45H38O5S2/c1-5-43(46)48-23-25-51-41-19-13-34(14-20-41)7-9-36-11-17-40-30-38(12-18-39(40)29-36)31-50-45-32(3)27-37(28-33(45)4)10-8-35-15-21-42(22-16-35)52-26-24-49-44(47)6-2/h5-6,11-22,27-30H,1-2,23-26,31H2,3-4H3. The molecule has 52 heavy (non-hydrogen) atoms. The summed E-state index contributed by atoms with van der Waals surface area (Å²) < 4.78 is 16.4. The summed E-state index contributed by atoms with van der Waals surface area (Å²) in [6, 6.07) is 32.8. The lowest BCUT2D eigenvalue weighted by Gasteiger charge is -2.13. The van der Waals surface area contributed by atoms with Gasteiger partial charge in [-0.1, -0.05) is 55.0 Å². The first-order valence-electron chi connectivity index (χ1n) is 16.6. The summed E-state index contributed by atoms with van der Waals surface area (Å²) in [6.07, 6.45) is 2.34. The van der Waals surface area contributed by atoms with Gasteiger partial charge in [-0.25, -0.2) is 9.59 Å². The van der Waals surface area contributed by atoms with Crippen LogP contribution in [-0.4, -0.2) is 36.7 Å². The molecule has 0 unspecified atom stereocenters. The summed E-state index contributed by atoms with van der Waals surface area (Å²) in [4.78, 5) is 24.5. The number of thioether (sulfide) groups is 2. The summed E-state index contributed by atoms with van der Waals surface area (Å²) in [7, 11) is 0. The van der Waals surface area contributed by atoms with Crippen molar-refractivity contribution in [3.63, 3.8) is 0 Å². The van der Waals surface area contributed by atoms with Crippen LogP contribution >= 0.6 is 23.5 Å². The van der Waals surface area contributed by atoms with E-state index >= 15 is 0 Å². The minimum Gasteiger partial charge on any atom is -0.488 e. The molecule has 0 spiro atoms. The number of carbonyl (C=O) groups is 2. The van der Waals surface area contributed by atoms with Gasteiger partial charge in [0.25, 0.3) is 0 Å². The Morgan fingerprint density at radius 3 is 1.60 bits per heavy atom. The van der Waals surface area contributed by atoms with Crippen molar-refractivity contribution in [2.24, 2.45) is 0 Å². The first-order valence-corrected chi connectivity index (χ1v) is 18.6. The van der Waals surface area contributed by atoms with E-state index in [1.54, 1.807) is 23.5 Å². The summed E-state index contributed by atoms with van der Waals surface area (Å²) in [5.74, 6) is 14.5. The molecule has 0 bridgehead atoms. The number of carbonyl (C=O) groups excluding carboxylic acids is 2. The second-order valence-corrected chi connectivity index (χ2v) is 13.9. The Bertz CT molecular complexity index is 2170. The van der Waals surface area contributed by atoms with Crippen LogP contribution in [0.5, 0.6) is 5.75 Å². The van der Waals surface area contributed by atoms with Gasteiger partial charge >= 0.3 is 11.9 Å². The number of hydrogen-bond acceptors (Lipinski definition) is 7. The van der Waals surface area contributed by atoms with Crippen molar-refractivity contribution in [1.82, 2.24) is 0 Å². The van der Waals surface area contributed by atoms with Gasteiger partial charge in [0.1, 0.15) is 25.6 Å². The van der Waals surface area contributed by atoms with Crippen molar-refractivity contribution >= 4 is 46.2 Å². The third kappa shape index (κ3) is 11.5. The summed E-state index contributed by atoms with van der Waals surface area (Å²) in [6.45, 7) is 12.0. The monoisotopic (exact) mass is 722 g/mol. The second kappa shape index (κ2) is 19.1. The highest BCUT2D eigenvalue weighted by molar-refractivity contribution is 7.99. The van der Waals surface area contributed by atoms with Crippen LogP contribution in [-0.2, 0) is 25.7 Å². The molecular formula is C45H38O5S2. The van der Waals surface area contributed by atoms with Crippen molar-refractivity contribution < 1.29 is 23.8 Å². The molecule has 0 heterocycles. The molecule has 0 saturated heterocycles. The van der Waals surface area contributed by atoms with Gasteiger partial charge in [-0.15, -0.1) is 23.5 Å². The zero-order valence-corrected chi connectivity index (χ0v) is 30.8. The highest BCUT2D eigenvalue weighted by Crippen LogP contribution is 2.27. The van der Waals surface area contributed by atoms with Crippen molar-refractivity contribution in [2.45, 2.75) is 30.2 Å². The molecule has 0 amide bonds. The van der Waals surface area contributed by atoms with Gasteiger partial charge < -0.3 is 14.2 Å².